The first-order chi connectivity index (χ1) is 20.2. The van der Waals surface area contributed by atoms with Crippen LogP contribution in [-0.2, 0) is 12.8 Å². The molecule has 224 valence electrons. The predicted molar refractivity (Wildman–Crippen MR) is 167 cm³/mol. The van der Waals surface area contributed by atoms with Crippen LogP contribution in [0.3, 0.4) is 0 Å². The van der Waals surface area contributed by atoms with E-state index in [2.05, 4.69) is 49.7 Å². The molecule has 0 radical (unpaired) electrons. The molecule has 42 heavy (non-hydrogen) atoms. The Balaban J connectivity index is 0.000000235. The van der Waals surface area contributed by atoms with Crippen molar-refractivity contribution in [2.45, 2.75) is 65.2 Å². The van der Waals surface area contributed by atoms with E-state index in [1.807, 2.05) is 0 Å². The van der Waals surface area contributed by atoms with Gasteiger partial charge in [-0.1, -0.05) is 39.5 Å². The number of rotatable bonds is 10. The van der Waals surface area contributed by atoms with Gasteiger partial charge in [-0.05, 0) is 64.9 Å². The Hall–Kier alpha value is -3.74. The number of aryl methyl sites for hydroxylation is 2. The number of aromatic hydroxyl groups is 4. The molecule has 2 heterocycles. The highest BCUT2D eigenvalue weighted by Crippen LogP contribution is 2.36. The smallest absolute Gasteiger partial charge is 0.491 e. The number of phenolic OH excluding ortho intramolecular Hbond substituents is 4. The fraction of sp³-hybridized carbons (Fsp3) is 0.333. The summed E-state index contributed by atoms with van der Waals surface area (Å²) in [6, 6.07) is 6.09. The molecule has 0 saturated heterocycles. The molecular formula is C30H38BBrN4O6. The lowest BCUT2D eigenvalue weighted by atomic mass is 9.83. The van der Waals surface area contributed by atoms with Crippen molar-refractivity contribution in [1.82, 2.24) is 19.9 Å². The van der Waals surface area contributed by atoms with E-state index in [1.54, 1.807) is 24.5 Å². The van der Waals surface area contributed by atoms with Crippen LogP contribution in [-0.4, -0.2) is 57.5 Å². The fourth-order valence-electron chi connectivity index (χ4n) is 4.04. The van der Waals surface area contributed by atoms with Gasteiger partial charge in [0.25, 0.3) is 0 Å². The molecule has 0 saturated carbocycles. The van der Waals surface area contributed by atoms with E-state index in [1.165, 1.54) is 50.0 Å². The van der Waals surface area contributed by atoms with E-state index in [0.717, 1.165) is 60.8 Å². The van der Waals surface area contributed by atoms with Crippen LogP contribution in [0.4, 0.5) is 0 Å². The van der Waals surface area contributed by atoms with Gasteiger partial charge in [0, 0.05) is 53.5 Å². The first-order valence-electron chi connectivity index (χ1n) is 13.8. The normalized spacial score (nSPS) is 10.2. The van der Waals surface area contributed by atoms with Crippen LogP contribution in [0.5, 0.6) is 23.0 Å². The zero-order valence-electron chi connectivity index (χ0n) is 23.9. The Morgan fingerprint density at radius 1 is 0.643 bits per heavy atom. The van der Waals surface area contributed by atoms with Gasteiger partial charge in [0.2, 0.25) is 0 Å². The van der Waals surface area contributed by atoms with Crippen LogP contribution >= 0.6 is 15.9 Å². The van der Waals surface area contributed by atoms with Crippen LogP contribution in [0.2, 0.25) is 0 Å². The van der Waals surface area contributed by atoms with Crippen LogP contribution < -0.4 is 5.46 Å². The topological polar surface area (TPSA) is 173 Å². The standard InChI is InChI=1S/C15H18N2O2.C11H15BrO2.C4H5BN2O2/c1-2-3-4-5-11-6-13(18)7-14(19)15(11)12-8-16-10-17-9-12;1-2-3-4-5-8-6-9(13)7-10(14)11(8)12;8-5(9)4-1-6-3-7-2-4/h6-10,18-19H,2-5H2,1H3;6-7,13-14H,2-5H2,1H3;1-3,8-9H. The van der Waals surface area contributed by atoms with Gasteiger partial charge in [-0.25, -0.2) is 19.9 Å². The molecule has 4 rings (SSSR count). The third-order valence-corrected chi connectivity index (χ3v) is 7.04. The zero-order chi connectivity index (χ0) is 30.9. The number of aromatic nitrogens is 4. The summed E-state index contributed by atoms with van der Waals surface area (Å²) in [7, 11) is -1.47. The fourth-order valence-corrected chi connectivity index (χ4v) is 4.46. The van der Waals surface area contributed by atoms with Crippen molar-refractivity contribution in [3.8, 4) is 34.1 Å². The second kappa shape index (κ2) is 18.6. The van der Waals surface area contributed by atoms with E-state index in [0.29, 0.717) is 9.94 Å². The highest BCUT2D eigenvalue weighted by atomic mass is 79.9. The summed E-state index contributed by atoms with van der Waals surface area (Å²) in [5.74, 6) is 0.389. The van der Waals surface area contributed by atoms with Gasteiger partial charge < -0.3 is 30.5 Å². The van der Waals surface area contributed by atoms with Crippen LogP contribution in [0.25, 0.3) is 11.1 Å². The Morgan fingerprint density at radius 2 is 1.12 bits per heavy atom. The summed E-state index contributed by atoms with van der Waals surface area (Å²) in [6.07, 6.45) is 17.2. The van der Waals surface area contributed by atoms with Gasteiger partial charge in [-0.2, -0.15) is 0 Å². The maximum Gasteiger partial charge on any atom is 0.491 e. The van der Waals surface area contributed by atoms with E-state index in [9.17, 15) is 20.4 Å². The number of unbranched alkanes of at least 4 members (excludes halogenated alkanes) is 4. The Labute approximate surface area is 255 Å². The lowest BCUT2D eigenvalue weighted by Gasteiger charge is -2.12. The zero-order valence-corrected chi connectivity index (χ0v) is 25.4. The number of hydrogen-bond acceptors (Lipinski definition) is 10. The Bertz CT molecular complexity index is 1350. The third kappa shape index (κ3) is 11.6. The van der Waals surface area contributed by atoms with E-state index < -0.39 is 7.12 Å². The molecule has 12 heteroatoms. The lowest BCUT2D eigenvalue weighted by molar-refractivity contribution is 0.425. The van der Waals surface area contributed by atoms with Crippen molar-refractivity contribution in [3.05, 3.63) is 77.3 Å². The minimum Gasteiger partial charge on any atom is -0.508 e. The summed E-state index contributed by atoms with van der Waals surface area (Å²) in [5, 5.41) is 55.4. The second-order valence-corrected chi connectivity index (χ2v) is 10.3. The van der Waals surface area contributed by atoms with Gasteiger partial charge in [0.1, 0.15) is 35.7 Å². The Morgan fingerprint density at radius 3 is 1.62 bits per heavy atom. The summed E-state index contributed by atoms with van der Waals surface area (Å²) < 4.78 is 0.700. The summed E-state index contributed by atoms with van der Waals surface area (Å²) in [6.45, 7) is 4.29. The average Bonchev–Trinajstić information content (AvgIpc) is 2.97. The maximum absolute atomic E-state index is 10.1. The molecule has 10 nitrogen and oxygen atoms in total. The molecule has 6 N–H and O–H groups in total. The summed E-state index contributed by atoms with van der Waals surface area (Å²) in [4.78, 5) is 15.1. The summed E-state index contributed by atoms with van der Waals surface area (Å²) in [5.41, 5.74) is 3.69. The van der Waals surface area contributed by atoms with Crippen molar-refractivity contribution in [2.24, 2.45) is 0 Å². The van der Waals surface area contributed by atoms with Crippen LogP contribution in [0.15, 0.2) is 66.2 Å². The number of nitrogens with zero attached hydrogens (tertiary/aromatic N) is 4. The molecule has 0 atom stereocenters. The molecule has 0 unspecified atom stereocenters. The highest BCUT2D eigenvalue weighted by Gasteiger charge is 2.13. The number of hydrogen-bond donors (Lipinski definition) is 6. The average molecular weight is 641 g/mol. The Kier molecular flexibility index (Phi) is 15.3. The maximum atomic E-state index is 10.1. The molecule has 2 aromatic heterocycles. The third-order valence-electron chi connectivity index (χ3n) is 6.12. The quantitative estimate of drug-likeness (QED) is 0.102. The van der Waals surface area contributed by atoms with E-state index >= 15 is 0 Å². The largest absolute Gasteiger partial charge is 0.508 e. The SMILES string of the molecule is CCCCCc1cc(O)cc(O)c1-c1cncnc1.CCCCCc1cc(O)cc(O)c1Br.OB(O)c1cncnc1. The van der Waals surface area contributed by atoms with E-state index in [4.69, 9.17) is 10.0 Å². The molecule has 0 aliphatic heterocycles. The van der Waals surface area contributed by atoms with Crippen molar-refractivity contribution in [1.29, 1.82) is 0 Å². The highest BCUT2D eigenvalue weighted by molar-refractivity contribution is 9.10. The van der Waals surface area contributed by atoms with Crippen LogP contribution in [0, 0.1) is 0 Å². The van der Waals surface area contributed by atoms with Gasteiger partial charge in [-0.15, -0.1) is 0 Å². The van der Waals surface area contributed by atoms with E-state index in [-0.39, 0.29) is 23.0 Å². The van der Waals surface area contributed by atoms with Crippen LogP contribution in [0.1, 0.15) is 63.5 Å². The molecule has 0 aliphatic rings. The predicted octanol–water partition coefficient (Wildman–Crippen LogP) is 5.04. The van der Waals surface area contributed by atoms with Gasteiger partial charge in [0.15, 0.2) is 0 Å². The van der Waals surface area contributed by atoms with Crippen molar-refractivity contribution in [2.75, 3.05) is 0 Å². The molecule has 0 amide bonds. The number of phenols is 4. The molecule has 0 fully saturated rings. The monoisotopic (exact) mass is 640 g/mol. The minimum atomic E-state index is -1.47. The molecule has 0 aliphatic carbocycles. The number of benzene rings is 2. The van der Waals surface area contributed by atoms with Gasteiger partial charge in [-0.3, -0.25) is 0 Å². The molecule has 0 bridgehead atoms. The number of halogens is 1. The first kappa shape index (κ1) is 34.5. The lowest BCUT2D eigenvalue weighted by Crippen LogP contribution is -2.30. The molecule has 4 aromatic rings. The van der Waals surface area contributed by atoms with Gasteiger partial charge >= 0.3 is 7.12 Å². The second-order valence-electron chi connectivity index (χ2n) is 9.52. The summed E-state index contributed by atoms with van der Waals surface area (Å²) >= 11 is 3.31. The van der Waals surface area contributed by atoms with Crippen molar-refractivity contribution < 1.29 is 30.5 Å². The molecule has 2 aromatic carbocycles. The van der Waals surface area contributed by atoms with Gasteiger partial charge in [0.05, 0.1) is 4.47 Å². The minimum absolute atomic E-state index is 0.0706. The molecular weight excluding hydrogens is 603 g/mol. The van der Waals surface area contributed by atoms with Crippen molar-refractivity contribution in [3.63, 3.8) is 0 Å². The van der Waals surface area contributed by atoms with Crippen molar-refractivity contribution >= 4 is 28.5 Å². The molecule has 0 spiro atoms. The first-order valence-corrected chi connectivity index (χ1v) is 14.6.